The summed E-state index contributed by atoms with van der Waals surface area (Å²) in [6.07, 6.45) is 1.29. The lowest BCUT2D eigenvalue weighted by molar-refractivity contribution is 0.404. The monoisotopic (exact) mass is 347 g/mol. The smallest absolute Gasteiger partial charge is 0.137 e. The second-order valence-corrected chi connectivity index (χ2v) is 6.05. The minimum atomic E-state index is 0.683. The Kier molecular flexibility index (Phi) is 3.93. The molecule has 4 heteroatoms. The molecule has 2 unspecified atom stereocenters. The van der Waals surface area contributed by atoms with Crippen LogP contribution in [-0.4, -0.2) is 13.2 Å². The molecule has 1 aromatic rings. The fraction of sp³-hybridized carbons (Fsp3) is 0.500. The van der Waals surface area contributed by atoms with E-state index in [9.17, 15) is 0 Å². The Bertz CT molecular complexity index is 395. The lowest BCUT2D eigenvalue weighted by atomic mass is 10.2. The normalized spacial score (nSPS) is 23.2. The topological polar surface area (TPSA) is 21.3 Å². The number of hydrogen-bond donors (Lipinski definition) is 1. The number of rotatable bonds is 4. The highest BCUT2D eigenvalue weighted by atomic mass is 79.9. The zero-order valence-electron chi connectivity index (χ0n) is 9.39. The van der Waals surface area contributed by atoms with Gasteiger partial charge in [-0.1, -0.05) is 22.9 Å². The van der Waals surface area contributed by atoms with Crippen molar-refractivity contribution in [2.24, 2.45) is 5.92 Å². The fourth-order valence-electron chi connectivity index (χ4n) is 1.82. The average Bonchev–Trinajstić information content (AvgIpc) is 2.91. The van der Waals surface area contributed by atoms with Crippen LogP contribution in [0.15, 0.2) is 21.1 Å². The third-order valence-corrected chi connectivity index (χ3v) is 4.00. The van der Waals surface area contributed by atoms with Gasteiger partial charge in [0.05, 0.1) is 11.6 Å². The summed E-state index contributed by atoms with van der Waals surface area (Å²) in [6, 6.07) is 4.79. The lowest BCUT2D eigenvalue weighted by Gasteiger charge is -2.12. The summed E-state index contributed by atoms with van der Waals surface area (Å²) in [6.45, 7) is 3.13. The van der Waals surface area contributed by atoms with Gasteiger partial charge in [0.15, 0.2) is 0 Å². The quantitative estimate of drug-likeness (QED) is 0.895. The van der Waals surface area contributed by atoms with Crippen LogP contribution in [0.1, 0.15) is 18.9 Å². The van der Waals surface area contributed by atoms with Crippen LogP contribution in [0.5, 0.6) is 5.75 Å². The predicted octanol–water partition coefficient (Wildman–Crippen LogP) is 3.72. The molecule has 1 saturated carbocycles. The van der Waals surface area contributed by atoms with E-state index < -0.39 is 0 Å². The van der Waals surface area contributed by atoms with E-state index in [2.05, 4.69) is 50.2 Å². The SMILES string of the molecule is COc1c(Br)cc(Br)cc1CNC1CC1C. The van der Waals surface area contributed by atoms with Crippen molar-refractivity contribution in [3.63, 3.8) is 0 Å². The van der Waals surface area contributed by atoms with Crippen LogP contribution in [0.4, 0.5) is 0 Å². The van der Waals surface area contributed by atoms with Gasteiger partial charge in [-0.3, -0.25) is 0 Å². The van der Waals surface area contributed by atoms with Crippen LogP contribution in [0.2, 0.25) is 0 Å². The van der Waals surface area contributed by atoms with E-state index in [1.165, 1.54) is 12.0 Å². The van der Waals surface area contributed by atoms with Crippen molar-refractivity contribution >= 4 is 31.9 Å². The summed E-state index contributed by atoms with van der Waals surface area (Å²) < 4.78 is 7.46. The van der Waals surface area contributed by atoms with Gasteiger partial charge in [-0.05, 0) is 40.4 Å². The molecule has 0 bridgehead atoms. The summed E-state index contributed by atoms with van der Waals surface area (Å²) in [5, 5.41) is 3.53. The van der Waals surface area contributed by atoms with Crippen LogP contribution in [0.25, 0.3) is 0 Å². The number of hydrogen-bond acceptors (Lipinski definition) is 2. The van der Waals surface area contributed by atoms with Gasteiger partial charge in [0, 0.05) is 22.6 Å². The molecule has 2 rings (SSSR count). The summed E-state index contributed by atoms with van der Waals surface area (Å²) in [5.74, 6) is 1.74. The van der Waals surface area contributed by atoms with Crippen LogP contribution in [0.3, 0.4) is 0 Å². The molecule has 16 heavy (non-hydrogen) atoms. The van der Waals surface area contributed by atoms with Crippen molar-refractivity contribution in [3.8, 4) is 5.75 Å². The molecule has 1 aromatic carbocycles. The van der Waals surface area contributed by atoms with Gasteiger partial charge >= 0.3 is 0 Å². The first-order valence-electron chi connectivity index (χ1n) is 5.37. The van der Waals surface area contributed by atoms with Crippen molar-refractivity contribution < 1.29 is 4.74 Å². The molecule has 88 valence electrons. The Morgan fingerprint density at radius 3 is 2.69 bits per heavy atom. The van der Waals surface area contributed by atoms with Crippen LogP contribution >= 0.6 is 31.9 Å². The Morgan fingerprint density at radius 2 is 2.12 bits per heavy atom. The molecule has 0 saturated heterocycles. The Labute approximate surface area is 113 Å². The summed E-state index contributed by atoms with van der Waals surface area (Å²) in [5.41, 5.74) is 1.18. The van der Waals surface area contributed by atoms with Crippen molar-refractivity contribution in [3.05, 3.63) is 26.6 Å². The zero-order chi connectivity index (χ0) is 11.7. The van der Waals surface area contributed by atoms with Gasteiger partial charge in [-0.25, -0.2) is 0 Å². The van der Waals surface area contributed by atoms with E-state index in [1.807, 2.05) is 6.07 Å². The molecule has 0 heterocycles. The van der Waals surface area contributed by atoms with Gasteiger partial charge in [0.1, 0.15) is 5.75 Å². The molecule has 0 amide bonds. The first-order valence-corrected chi connectivity index (χ1v) is 6.95. The predicted molar refractivity (Wildman–Crippen MR) is 72.8 cm³/mol. The fourth-order valence-corrected chi connectivity index (χ4v) is 3.30. The Hall–Kier alpha value is -0.0600. The van der Waals surface area contributed by atoms with Crippen molar-refractivity contribution in [1.82, 2.24) is 5.32 Å². The van der Waals surface area contributed by atoms with Gasteiger partial charge in [-0.2, -0.15) is 0 Å². The van der Waals surface area contributed by atoms with Gasteiger partial charge in [0.2, 0.25) is 0 Å². The standard InChI is InChI=1S/C12H15Br2NO/c1-7-3-11(7)15-6-8-4-9(13)5-10(14)12(8)16-2/h4-5,7,11,15H,3,6H2,1-2H3. The minimum Gasteiger partial charge on any atom is -0.495 e. The Balaban J connectivity index is 2.11. The molecule has 2 nitrogen and oxygen atoms in total. The van der Waals surface area contributed by atoms with E-state index in [4.69, 9.17) is 4.74 Å². The largest absolute Gasteiger partial charge is 0.495 e. The second kappa shape index (κ2) is 5.07. The zero-order valence-corrected chi connectivity index (χ0v) is 12.6. The van der Waals surface area contributed by atoms with Crippen molar-refractivity contribution in [2.45, 2.75) is 25.9 Å². The first kappa shape index (κ1) is 12.4. The molecule has 0 aromatic heterocycles. The number of ether oxygens (including phenoxy) is 1. The summed E-state index contributed by atoms with van der Waals surface area (Å²) in [7, 11) is 1.71. The van der Waals surface area contributed by atoms with E-state index in [-0.39, 0.29) is 0 Å². The maximum Gasteiger partial charge on any atom is 0.137 e. The molecule has 1 aliphatic rings. The number of methoxy groups -OCH3 is 1. The van der Waals surface area contributed by atoms with E-state index in [1.54, 1.807) is 7.11 Å². The maximum atomic E-state index is 5.40. The van der Waals surface area contributed by atoms with Crippen molar-refractivity contribution in [1.29, 1.82) is 0 Å². The highest BCUT2D eigenvalue weighted by molar-refractivity contribution is 9.11. The lowest BCUT2D eigenvalue weighted by Crippen LogP contribution is -2.17. The van der Waals surface area contributed by atoms with E-state index >= 15 is 0 Å². The highest BCUT2D eigenvalue weighted by Crippen LogP contribution is 2.34. The van der Waals surface area contributed by atoms with E-state index in [0.717, 1.165) is 27.2 Å². The molecule has 1 aliphatic carbocycles. The molecule has 0 spiro atoms. The van der Waals surface area contributed by atoms with Crippen LogP contribution in [-0.2, 0) is 6.54 Å². The first-order chi connectivity index (χ1) is 7.61. The van der Waals surface area contributed by atoms with Crippen LogP contribution < -0.4 is 10.1 Å². The molecule has 1 N–H and O–H groups in total. The Morgan fingerprint density at radius 1 is 1.44 bits per heavy atom. The summed E-state index contributed by atoms with van der Waals surface area (Å²) in [4.78, 5) is 0. The molecule has 0 radical (unpaired) electrons. The third kappa shape index (κ3) is 2.79. The average molecular weight is 349 g/mol. The van der Waals surface area contributed by atoms with Gasteiger partial charge in [0.25, 0.3) is 0 Å². The summed E-state index contributed by atoms with van der Waals surface area (Å²) >= 11 is 7.01. The minimum absolute atomic E-state index is 0.683. The number of halogens is 2. The third-order valence-electron chi connectivity index (χ3n) is 2.95. The molecule has 1 fully saturated rings. The molecular formula is C12H15Br2NO. The molecular weight excluding hydrogens is 334 g/mol. The van der Waals surface area contributed by atoms with Crippen LogP contribution in [0, 0.1) is 5.92 Å². The number of nitrogens with one attached hydrogen (secondary N) is 1. The highest BCUT2D eigenvalue weighted by Gasteiger charge is 2.31. The van der Waals surface area contributed by atoms with Gasteiger partial charge in [-0.15, -0.1) is 0 Å². The molecule has 2 atom stereocenters. The van der Waals surface area contributed by atoms with Gasteiger partial charge < -0.3 is 10.1 Å². The number of benzene rings is 1. The molecule has 0 aliphatic heterocycles. The van der Waals surface area contributed by atoms with Crippen molar-refractivity contribution in [2.75, 3.05) is 7.11 Å². The maximum absolute atomic E-state index is 5.40. The second-order valence-electron chi connectivity index (χ2n) is 4.28. The van der Waals surface area contributed by atoms with E-state index in [0.29, 0.717) is 6.04 Å².